The van der Waals surface area contributed by atoms with Crippen LogP contribution in [0.1, 0.15) is 37.8 Å². The van der Waals surface area contributed by atoms with Crippen molar-refractivity contribution in [1.82, 2.24) is 0 Å². The summed E-state index contributed by atoms with van der Waals surface area (Å²) in [5, 5.41) is 0. The van der Waals surface area contributed by atoms with E-state index in [-0.39, 0.29) is 5.92 Å². The monoisotopic (exact) mass is 202 g/mol. The van der Waals surface area contributed by atoms with E-state index in [2.05, 4.69) is 31.2 Å². The third kappa shape index (κ3) is 2.28. The van der Waals surface area contributed by atoms with Gasteiger partial charge in [0.25, 0.3) is 0 Å². The zero-order valence-corrected chi connectivity index (χ0v) is 9.49. The molecular formula is C14H18O. The molecule has 1 atom stereocenters. The number of carbonyl (C=O) groups is 1. The Balaban J connectivity index is 2.07. The van der Waals surface area contributed by atoms with Crippen LogP contribution >= 0.6 is 0 Å². The smallest absolute Gasteiger partial charge is 0.123 e. The average molecular weight is 202 g/mol. The number of rotatable bonds is 4. The number of hydrogen-bond acceptors (Lipinski definition) is 1. The van der Waals surface area contributed by atoms with Gasteiger partial charge in [-0.1, -0.05) is 38.1 Å². The summed E-state index contributed by atoms with van der Waals surface area (Å²) in [5.74, 6) is 0.132. The maximum Gasteiger partial charge on any atom is 0.123 e. The van der Waals surface area contributed by atoms with Crippen LogP contribution in [-0.4, -0.2) is 6.29 Å². The van der Waals surface area contributed by atoms with Gasteiger partial charge < -0.3 is 4.79 Å². The highest BCUT2D eigenvalue weighted by atomic mass is 16.1. The molecule has 15 heavy (non-hydrogen) atoms. The van der Waals surface area contributed by atoms with Crippen LogP contribution in [0.2, 0.25) is 0 Å². The van der Waals surface area contributed by atoms with Crippen LogP contribution in [0, 0.1) is 5.92 Å². The Labute approximate surface area is 91.5 Å². The molecule has 0 N–H and O–H groups in total. The largest absolute Gasteiger partial charge is 0.303 e. The topological polar surface area (TPSA) is 17.1 Å². The molecule has 0 bridgehead atoms. The molecule has 0 heterocycles. The predicted molar refractivity (Wildman–Crippen MR) is 62.0 cm³/mol. The van der Waals surface area contributed by atoms with Crippen LogP contribution in [0.3, 0.4) is 0 Å². The van der Waals surface area contributed by atoms with Crippen LogP contribution in [-0.2, 0) is 16.6 Å². The first kappa shape index (κ1) is 10.4. The molecule has 0 radical (unpaired) electrons. The molecule has 0 aromatic heterocycles. The fourth-order valence-electron chi connectivity index (χ4n) is 1.94. The Kier molecular flexibility index (Phi) is 2.64. The van der Waals surface area contributed by atoms with Gasteiger partial charge in [-0.3, -0.25) is 0 Å². The summed E-state index contributed by atoms with van der Waals surface area (Å²) < 4.78 is 0. The predicted octanol–water partition coefficient (Wildman–Crippen LogP) is 3.12. The summed E-state index contributed by atoms with van der Waals surface area (Å²) >= 11 is 0. The van der Waals surface area contributed by atoms with Crippen molar-refractivity contribution in [3.63, 3.8) is 0 Å². The van der Waals surface area contributed by atoms with Gasteiger partial charge in [0.15, 0.2) is 0 Å². The lowest BCUT2D eigenvalue weighted by atomic mass is 9.95. The maximum absolute atomic E-state index is 10.5. The Morgan fingerprint density at radius 2 is 1.93 bits per heavy atom. The summed E-state index contributed by atoms with van der Waals surface area (Å²) in [4.78, 5) is 10.5. The number of aldehydes is 1. The molecule has 1 saturated carbocycles. The molecule has 1 aromatic carbocycles. The van der Waals surface area contributed by atoms with Gasteiger partial charge in [-0.15, -0.1) is 0 Å². The molecule has 1 nitrogen and oxygen atoms in total. The van der Waals surface area contributed by atoms with Crippen LogP contribution in [0.5, 0.6) is 0 Å². The molecule has 2 rings (SSSR count). The van der Waals surface area contributed by atoms with Gasteiger partial charge in [0.2, 0.25) is 0 Å². The van der Waals surface area contributed by atoms with Gasteiger partial charge in [-0.05, 0) is 35.8 Å². The number of hydrogen-bond donors (Lipinski definition) is 0. The van der Waals surface area contributed by atoms with Gasteiger partial charge in [-0.25, -0.2) is 0 Å². The third-order valence-electron chi connectivity index (χ3n) is 3.44. The second-order valence-corrected chi connectivity index (χ2v) is 5.08. The van der Waals surface area contributed by atoms with E-state index >= 15 is 0 Å². The molecule has 1 aromatic rings. The minimum atomic E-state index is 0.132. The standard InChI is InChI=1S/C14H18O/c1-11(10-15)9-12-3-5-13(6-4-12)14(2)7-8-14/h3-6,10-11H,7-9H2,1-2H3/t11-/m0/s1. The van der Waals surface area contributed by atoms with Gasteiger partial charge >= 0.3 is 0 Å². The van der Waals surface area contributed by atoms with E-state index in [1.54, 1.807) is 0 Å². The van der Waals surface area contributed by atoms with Crippen molar-refractivity contribution in [2.75, 3.05) is 0 Å². The summed E-state index contributed by atoms with van der Waals surface area (Å²) in [5.41, 5.74) is 3.17. The third-order valence-corrected chi connectivity index (χ3v) is 3.44. The average Bonchev–Trinajstić information content (AvgIpc) is 2.98. The molecule has 80 valence electrons. The zero-order chi connectivity index (χ0) is 10.9. The van der Waals surface area contributed by atoms with E-state index in [0.717, 1.165) is 12.7 Å². The van der Waals surface area contributed by atoms with Crippen molar-refractivity contribution in [1.29, 1.82) is 0 Å². The Morgan fingerprint density at radius 3 is 2.40 bits per heavy atom. The summed E-state index contributed by atoms with van der Waals surface area (Å²) in [6.07, 6.45) is 4.52. The van der Waals surface area contributed by atoms with Crippen molar-refractivity contribution >= 4 is 6.29 Å². The minimum absolute atomic E-state index is 0.132. The van der Waals surface area contributed by atoms with Gasteiger partial charge in [0, 0.05) is 5.92 Å². The molecule has 0 aliphatic heterocycles. The lowest BCUT2D eigenvalue weighted by Crippen LogP contribution is -2.02. The summed E-state index contributed by atoms with van der Waals surface area (Å²) in [7, 11) is 0. The van der Waals surface area contributed by atoms with Crippen molar-refractivity contribution < 1.29 is 4.79 Å². The fraction of sp³-hybridized carbons (Fsp3) is 0.500. The summed E-state index contributed by atoms with van der Waals surface area (Å²) in [6.45, 7) is 4.28. The Bertz CT molecular complexity index is 346. The second kappa shape index (κ2) is 3.80. The second-order valence-electron chi connectivity index (χ2n) is 5.08. The van der Waals surface area contributed by atoms with E-state index in [1.165, 1.54) is 24.0 Å². The van der Waals surface area contributed by atoms with E-state index < -0.39 is 0 Å². The van der Waals surface area contributed by atoms with E-state index in [9.17, 15) is 4.79 Å². The Morgan fingerprint density at radius 1 is 1.33 bits per heavy atom. The van der Waals surface area contributed by atoms with Crippen LogP contribution in [0.25, 0.3) is 0 Å². The van der Waals surface area contributed by atoms with Crippen molar-refractivity contribution in [2.24, 2.45) is 5.92 Å². The molecule has 1 heteroatoms. The van der Waals surface area contributed by atoms with Crippen LogP contribution in [0.15, 0.2) is 24.3 Å². The molecule has 0 spiro atoms. The van der Waals surface area contributed by atoms with Crippen LogP contribution < -0.4 is 0 Å². The molecule has 1 aliphatic rings. The van der Waals surface area contributed by atoms with Crippen molar-refractivity contribution in [2.45, 2.75) is 38.5 Å². The highest BCUT2D eigenvalue weighted by molar-refractivity contribution is 5.53. The lowest BCUT2D eigenvalue weighted by Gasteiger charge is -2.10. The van der Waals surface area contributed by atoms with Crippen LogP contribution in [0.4, 0.5) is 0 Å². The normalized spacial score (nSPS) is 19.6. The Hall–Kier alpha value is -1.11. The maximum atomic E-state index is 10.5. The zero-order valence-electron chi connectivity index (χ0n) is 9.49. The van der Waals surface area contributed by atoms with E-state index in [4.69, 9.17) is 0 Å². The fourth-order valence-corrected chi connectivity index (χ4v) is 1.94. The summed E-state index contributed by atoms with van der Waals surface area (Å²) in [6, 6.07) is 8.78. The first-order valence-corrected chi connectivity index (χ1v) is 5.69. The first-order valence-electron chi connectivity index (χ1n) is 5.69. The first-order chi connectivity index (χ1) is 7.14. The molecule has 1 aliphatic carbocycles. The van der Waals surface area contributed by atoms with Crippen molar-refractivity contribution in [3.8, 4) is 0 Å². The number of carbonyl (C=O) groups excluding carboxylic acids is 1. The highest BCUT2D eigenvalue weighted by Gasteiger charge is 2.38. The SMILES string of the molecule is C[C@H](C=O)Cc1ccc(C2(C)CC2)cc1. The van der Waals surface area contributed by atoms with Gasteiger partial charge in [0.05, 0.1) is 0 Å². The van der Waals surface area contributed by atoms with Gasteiger partial charge in [-0.2, -0.15) is 0 Å². The quantitative estimate of drug-likeness (QED) is 0.686. The van der Waals surface area contributed by atoms with Gasteiger partial charge in [0.1, 0.15) is 6.29 Å². The number of benzene rings is 1. The lowest BCUT2D eigenvalue weighted by molar-refractivity contribution is -0.110. The molecule has 0 amide bonds. The molecular weight excluding hydrogens is 184 g/mol. The minimum Gasteiger partial charge on any atom is -0.303 e. The van der Waals surface area contributed by atoms with E-state index in [1.807, 2.05) is 6.92 Å². The van der Waals surface area contributed by atoms with Crippen molar-refractivity contribution in [3.05, 3.63) is 35.4 Å². The van der Waals surface area contributed by atoms with E-state index in [0.29, 0.717) is 5.41 Å². The molecule has 0 saturated heterocycles. The molecule has 0 unspecified atom stereocenters. The highest BCUT2D eigenvalue weighted by Crippen LogP contribution is 2.47. The molecule has 1 fully saturated rings.